The van der Waals surface area contributed by atoms with Crippen molar-refractivity contribution in [2.75, 3.05) is 5.32 Å². The molecule has 0 fully saturated rings. The summed E-state index contributed by atoms with van der Waals surface area (Å²) in [7, 11) is 0. The van der Waals surface area contributed by atoms with Crippen LogP contribution in [0.1, 0.15) is 16.8 Å². The van der Waals surface area contributed by atoms with Gasteiger partial charge in [0.1, 0.15) is 0 Å². The van der Waals surface area contributed by atoms with Crippen LogP contribution in [0.3, 0.4) is 0 Å². The average Bonchev–Trinajstić information content (AvgIpc) is 2.82. The number of carbonyl (C=O) groups is 1. The van der Waals surface area contributed by atoms with Gasteiger partial charge in [0.15, 0.2) is 0 Å². The molecule has 0 aliphatic rings. The molecule has 2 aromatic rings. The third-order valence-electron chi connectivity index (χ3n) is 2.79. The van der Waals surface area contributed by atoms with Crippen molar-refractivity contribution in [2.24, 2.45) is 5.73 Å². The van der Waals surface area contributed by atoms with E-state index in [4.69, 9.17) is 5.73 Å². The van der Waals surface area contributed by atoms with Crippen molar-refractivity contribution in [2.45, 2.75) is 20.0 Å². The molecule has 1 aromatic carbocycles. The molecule has 5 N–H and O–H groups in total. The minimum atomic E-state index is -0.255. The molecule has 100 valence electrons. The smallest absolute Gasteiger partial charge is 0.319 e. The molecule has 0 aliphatic carbocycles. The van der Waals surface area contributed by atoms with E-state index in [1.54, 1.807) is 6.20 Å². The number of amides is 2. The van der Waals surface area contributed by atoms with Crippen molar-refractivity contribution in [1.29, 1.82) is 0 Å². The molecule has 0 saturated carbocycles. The zero-order valence-electron chi connectivity index (χ0n) is 10.7. The SMILES string of the molecule is Cc1[nH]ncc1CNC(=O)Nc1cccc(CN)c1. The maximum atomic E-state index is 11.7. The van der Waals surface area contributed by atoms with E-state index in [0.717, 1.165) is 22.5 Å². The van der Waals surface area contributed by atoms with Crippen LogP contribution >= 0.6 is 0 Å². The summed E-state index contributed by atoms with van der Waals surface area (Å²) in [5.41, 5.74) is 9.17. The van der Waals surface area contributed by atoms with Crippen LogP contribution in [0.15, 0.2) is 30.5 Å². The van der Waals surface area contributed by atoms with Crippen LogP contribution in [-0.2, 0) is 13.1 Å². The molecule has 0 aliphatic heterocycles. The van der Waals surface area contributed by atoms with Crippen LogP contribution < -0.4 is 16.4 Å². The Morgan fingerprint density at radius 3 is 3.00 bits per heavy atom. The molecule has 0 bridgehead atoms. The molecule has 6 nitrogen and oxygen atoms in total. The van der Waals surface area contributed by atoms with Gasteiger partial charge in [0.2, 0.25) is 0 Å². The predicted octanol–water partition coefficient (Wildman–Crippen LogP) is 1.50. The van der Waals surface area contributed by atoms with Gasteiger partial charge in [-0.1, -0.05) is 12.1 Å². The number of rotatable bonds is 4. The Labute approximate surface area is 111 Å². The lowest BCUT2D eigenvalue weighted by Crippen LogP contribution is -2.28. The number of hydrogen-bond donors (Lipinski definition) is 4. The Balaban J connectivity index is 1.89. The number of H-pyrrole nitrogens is 1. The van der Waals surface area contributed by atoms with Gasteiger partial charge in [0.05, 0.1) is 6.20 Å². The summed E-state index contributed by atoms with van der Waals surface area (Å²) in [6, 6.07) is 7.19. The molecule has 0 radical (unpaired) electrons. The third-order valence-corrected chi connectivity index (χ3v) is 2.79. The van der Waals surface area contributed by atoms with Crippen molar-refractivity contribution in [1.82, 2.24) is 15.5 Å². The summed E-state index contributed by atoms with van der Waals surface area (Å²) in [5.74, 6) is 0. The topological polar surface area (TPSA) is 95.8 Å². The van der Waals surface area contributed by atoms with Gasteiger partial charge in [-0.2, -0.15) is 5.10 Å². The average molecular weight is 259 g/mol. The van der Waals surface area contributed by atoms with E-state index in [9.17, 15) is 4.79 Å². The molecule has 0 saturated heterocycles. The second-order valence-electron chi connectivity index (χ2n) is 4.23. The van der Waals surface area contributed by atoms with Crippen molar-refractivity contribution >= 4 is 11.7 Å². The van der Waals surface area contributed by atoms with Gasteiger partial charge < -0.3 is 16.4 Å². The van der Waals surface area contributed by atoms with Gasteiger partial charge in [-0.3, -0.25) is 5.10 Å². The molecule has 1 heterocycles. The Hall–Kier alpha value is -2.34. The number of aromatic amines is 1. The Bertz CT molecular complexity index is 564. The first-order valence-electron chi connectivity index (χ1n) is 6.01. The molecule has 6 heteroatoms. The summed E-state index contributed by atoms with van der Waals surface area (Å²) >= 11 is 0. The highest BCUT2D eigenvalue weighted by atomic mass is 16.2. The van der Waals surface area contributed by atoms with E-state index >= 15 is 0 Å². The number of nitrogens with zero attached hydrogens (tertiary/aromatic N) is 1. The van der Waals surface area contributed by atoms with Gasteiger partial charge in [0, 0.05) is 30.0 Å². The highest BCUT2D eigenvalue weighted by Crippen LogP contribution is 2.10. The number of benzene rings is 1. The van der Waals surface area contributed by atoms with E-state index in [-0.39, 0.29) is 6.03 Å². The fourth-order valence-electron chi connectivity index (χ4n) is 1.68. The van der Waals surface area contributed by atoms with Crippen LogP contribution in [-0.4, -0.2) is 16.2 Å². The number of urea groups is 1. The van der Waals surface area contributed by atoms with E-state index in [1.165, 1.54) is 0 Å². The Kier molecular flexibility index (Phi) is 4.15. The summed E-state index contributed by atoms with van der Waals surface area (Å²) in [6.07, 6.45) is 1.70. The van der Waals surface area contributed by atoms with Gasteiger partial charge in [-0.05, 0) is 24.6 Å². The fourth-order valence-corrected chi connectivity index (χ4v) is 1.68. The van der Waals surface area contributed by atoms with Crippen molar-refractivity contribution in [3.8, 4) is 0 Å². The molecule has 0 unspecified atom stereocenters. The zero-order chi connectivity index (χ0) is 13.7. The largest absolute Gasteiger partial charge is 0.334 e. The second-order valence-corrected chi connectivity index (χ2v) is 4.23. The molecular weight excluding hydrogens is 242 g/mol. The summed E-state index contributed by atoms with van der Waals surface area (Å²) in [6.45, 7) is 2.79. The minimum absolute atomic E-state index is 0.255. The molecular formula is C13H17N5O. The molecule has 0 atom stereocenters. The lowest BCUT2D eigenvalue weighted by Gasteiger charge is -2.08. The van der Waals surface area contributed by atoms with Gasteiger partial charge in [-0.25, -0.2) is 4.79 Å². The van der Waals surface area contributed by atoms with Crippen LogP contribution in [0.5, 0.6) is 0 Å². The van der Waals surface area contributed by atoms with Crippen molar-refractivity contribution < 1.29 is 4.79 Å². The van der Waals surface area contributed by atoms with E-state index in [0.29, 0.717) is 13.1 Å². The first kappa shape index (κ1) is 13.1. The standard InChI is InChI=1S/C13H17N5O/c1-9-11(8-16-18-9)7-15-13(19)17-12-4-2-3-10(5-12)6-14/h2-5,8H,6-7,14H2,1H3,(H,16,18)(H2,15,17,19). The number of nitrogens with one attached hydrogen (secondary N) is 3. The fraction of sp³-hybridized carbons (Fsp3) is 0.231. The first-order chi connectivity index (χ1) is 9.19. The van der Waals surface area contributed by atoms with Crippen LogP contribution in [0.2, 0.25) is 0 Å². The number of hydrogen-bond acceptors (Lipinski definition) is 3. The first-order valence-corrected chi connectivity index (χ1v) is 6.01. The molecule has 1 aromatic heterocycles. The number of nitrogens with two attached hydrogens (primary N) is 1. The van der Waals surface area contributed by atoms with Crippen molar-refractivity contribution in [3.05, 3.63) is 47.3 Å². The van der Waals surface area contributed by atoms with Gasteiger partial charge in [0.25, 0.3) is 0 Å². The summed E-state index contributed by atoms with van der Waals surface area (Å²) < 4.78 is 0. The highest BCUT2D eigenvalue weighted by molar-refractivity contribution is 5.89. The maximum Gasteiger partial charge on any atom is 0.319 e. The molecule has 19 heavy (non-hydrogen) atoms. The summed E-state index contributed by atoms with van der Waals surface area (Å²) in [4.78, 5) is 11.7. The lowest BCUT2D eigenvalue weighted by molar-refractivity contribution is 0.251. The number of carbonyl (C=O) groups excluding carboxylic acids is 1. The highest BCUT2D eigenvalue weighted by Gasteiger charge is 2.04. The Morgan fingerprint density at radius 2 is 2.32 bits per heavy atom. The van der Waals surface area contributed by atoms with Crippen LogP contribution in [0, 0.1) is 6.92 Å². The van der Waals surface area contributed by atoms with Crippen LogP contribution in [0.4, 0.5) is 10.5 Å². The molecule has 2 amide bonds. The second kappa shape index (κ2) is 6.01. The normalized spacial score (nSPS) is 10.2. The number of anilines is 1. The third kappa shape index (κ3) is 3.56. The van der Waals surface area contributed by atoms with E-state index in [1.807, 2.05) is 31.2 Å². The van der Waals surface area contributed by atoms with Gasteiger partial charge >= 0.3 is 6.03 Å². The number of aromatic nitrogens is 2. The van der Waals surface area contributed by atoms with E-state index < -0.39 is 0 Å². The quantitative estimate of drug-likeness (QED) is 0.670. The number of aryl methyl sites for hydroxylation is 1. The zero-order valence-corrected chi connectivity index (χ0v) is 10.7. The summed E-state index contributed by atoms with van der Waals surface area (Å²) in [5, 5.41) is 12.3. The maximum absolute atomic E-state index is 11.7. The molecule has 2 rings (SSSR count). The monoisotopic (exact) mass is 259 g/mol. The predicted molar refractivity (Wildman–Crippen MR) is 73.5 cm³/mol. The van der Waals surface area contributed by atoms with Crippen LogP contribution in [0.25, 0.3) is 0 Å². The van der Waals surface area contributed by atoms with Crippen molar-refractivity contribution in [3.63, 3.8) is 0 Å². The Morgan fingerprint density at radius 1 is 1.47 bits per heavy atom. The minimum Gasteiger partial charge on any atom is -0.334 e. The lowest BCUT2D eigenvalue weighted by atomic mass is 10.2. The van der Waals surface area contributed by atoms with Gasteiger partial charge in [-0.15, -0.1) is 0 Å². The van der Waals surface area contributed by atoms with E-state index in [2.05, 4.69) is 20.8 Å². The molecule has 0 spiro atoms.